The molecule has 0 atom stereocenters. The average Bonchev–Trinajstić information content (AvgIpc) is 2.99. The molecule has 0 fully saturated rings. The summed E-state index contributed by atoms with van der Waals surface area (Å²) in [5, 5.41) is 2.67. The summed E-state index contributed by atoms with van der Waals surface area (Å²) in [5.74, 6) is -0.460. The van der Waals surface area contributed by atoms with Gasteiger partial charge in [-0.05, 0) is 52.9 Å². The van der Waals surface area contributed by atoms with Crippen LogP contribution < -0.4 is 5.32 Å². The number of anilines is 1. The zero-order valence-corrected chi connectivity index (χ0v) is 13.1. The van der Waals surface area contributed by atoms with Crippen LogP contribution in [-0.4, -0.2) is 18.5 Å². The summed E-state index contributed by atoms with van der Waals surface area (Å²) < 4.78 is 10.8. The second kappa shape index (κ2) is 7.63. The normalized spacial score (nSPS) is 10.5. The van der Waals surface area contributed by atoms with Crippen LogP contribution in [0.15, 0.2) is 53.2 Å². The Morgan fingerprint density at radius 3 is 2.76 bits per heavy atom. The third-order valence-corrected chi connectivity index (χ3v) is 3.36. The Balaban J connectivity index is 1.79. The Labute approximate surface area is 135 Å². The van der Waals surface area contributed by atoms with Gasteiger partial charge in [-0.25, -0.2) is 4.79 Å². The van der Waals surface area contributed by atoms with Crippen molar-refractivity contribution in [3.63, 3.8) is 0 Å². The molecule has 1 amide bonds. The molecule has 0 aliphatic carbocycles. The van der Waals surface area contributed by atoms with Crippen molar-refractivity contribution in [1.82, 2.24) is 0 Å². The number of benzene rings is 1. The van der Waals surface area contributed by atoms with Crippen molar-refractivity contribution in [1.29, 1.82) is 0 Å². The first-order valence-electron chi connectivity index (χ1n) is 6.08. The predicted molar refractivity (Wildman–Crippen MR) is 86.5 cm³/mol. The minimum absolute atomic E-state index is 0.341. The van der Waals surface area contributed by atoms with Crippen molar-refractivity contribution in [2.75, 3.05) is 11.9 Å². The van der Waals surface area contributed by atoms with Crippen molar-refractivity contribution in [3.8, 4) is 0 Å². The summed E-state index contributed by atoms with van der Waals surface area (Å²) in [4.78, 5) is 23.1. The smallest absolute Gasteiger partial charge is 0.331 e. The maximum Gasteiger partial charge on any atom is 0.331 e. The fourth-order valence-electron chi connectivity index (χ4n) is 1.47. The van der Waals surface area contributed by atoms with Gasteiger partial charge >= 0.3 is 5.97 Å². The van der Waals surface area contributed by atoms with Crippen LogP contribution in [0.2, 0.25) is 0 Å². The number of hydrogen-bond donors (Lipinski definition) is 1. The van der Waals surface area contributed by atoms with Crippen molar-refractivity contribution in [3.05, 3.63) is 58.1 Å². The van der Waals surface area contributed by atoms with Gasteiger partial charge in [0.2, 0.25) is 0 Å². The van der Waals surface area contributed by atoms with Gasteiger partial charge in [-0.3, -0.25) is 4.79 Å². The summed E-state index contributed by atoms with van der Waals surface area (Å²) >= 11 is 2.11. The zero-order chi connectivity index (χ0) is 15.1. The summed E-state index contributed by atoms with van der Waals surface area (Å²) in [7, 11) is 0. The summed E-state index contributed by atoms with van der Waals surface area (Å²) in [6.07, 6.45) is 4.18. The number of furan rings is 1. The van der Waals surface area contributed by atoms with Gasteiger partial charge in [0, 0.05) is 9.65 Å². The molecule has 0 bridgehead atoms. The topological polar surface area (TPSA) is 68.5 Å². The summed E-state index contributed by atoms with van der Waals surface area (Å²) in [5.41, 5.74) is 0.685. The van der Waals surface area contributed by atoms with E-state index in [9.17, 15) is 9.59 Å². The molecule has 0 spiro atoms. The molecule has 5 nitrogen and oxygen atoms in total. The van der Waals surface area contributed by atoms with Crippen LogP contribution >= 0.6 is 22.6 Å². The lowest BCUT2D eigenvalue weighted by molar-refractivity contribution is -0.142. The van der Waals surface area contributed by atoms with Crippen molar-refractivity contribution < 1.29 is 18.7 Å². The summed E-state index contributed by atoms with van der Waals surface area (Å²) in [6, 6.07) is 10.7. The number of ether oxygens (including phenoxy) is 1. The number of hydrogen-bond acceptors (Lipinski definition) is 4. The number of nitrogens with one attached hydrogen (secondary N) is 1. The number of halogens is 1. The zero-order valence-electron chi connectivity index (χ0n) is 10.9. The summed E-state index contributed by atoms with van der Waals surface area (Å²) in [6.45, 7) is -0.341. The van der Waals surface area contributed by atoms with Crippen LogP contribution in [0.1, 0.15) is 5.76 Å². The van der Waals surface area contributed by atoms with Gasteiger partial charge in [0.25, 0.3) is 5.91 Å². The Kier molecular flexibility index (Phi) is 5.56. The Hall–Kier alpha value is -2.09. The molecule has 0 saturated heterocycles. The number of rotatable bonds is 5. The standard InChI is InChI=1S/C15H12INO4/c16-12-5-1-2-6-13(12)17-14(18)10-21-15(19)8-7-11-4-3-9-20-11/h1-9H,10H2,(H,17,18)/b8-7+. The van der Waals surface area contributed by atoms with E-state index >= 15 is 0 Å². The van der Waals surface area contributed by atoms with Gasteiger partial charge in [-0.2, -0.15) is 0 Å². The van der Waals surface area contributed by atoms with E-state index in [4.69, 9.17) is 9.15 Å². The highest BCUT2D eigenvalue weighted by molar-refractivity contribution is 14.1. The van der Waals surface area contributed by atoms with E-state index in [1.54, 1.807) is 18.2 Å². The third kappa shape index (κ3) is 5.07. The predicted octanol–water partition coefficient (Wildman–Crippen LogP) is 3.08. The van der Waals surface area contributed by atoms with E-state index in [1.807, 2.05) is 18.2 Å². The largest absolute Gasteiger partial charge is 0.465 e. The second-order valence-electron chi connectivity index (χ2n) is 3.98. The Morgan fingerprint density at radius 1 is 1.24 bits per heavy atom. The quantitative estimate of drug-likeness (QED) is 0.479. The molecule has 2 rings (SSSR count). The SMILES string of the molecule is O=C(COC(=O)/C=C/c1ccco1)Nc1ccccc1I. The average molecular weight is 397 g/mol. The van der Waals surface area contributed by atoms with Crippen LogP contribution in [0, 0.1) is 3.57 Å². The van der Waals surface area contributed by atoms with Gasteiger partial charge in [0.05, 0.1) is 12.0 Å². The highest BCUT2D eigenvalue weighted by Gasteiger charge is 2.07. The van der Waals surface area contributed by atoms with Gasteiger partial charge in [-0.15, -0.1) is 0 Å². The molecule has 21 heavy (non-hydrogen) atoms. The molecule has 1 N–H and O–H groups in total. The molecule has 1 aromatic carbocycles. The van der Waals surface area contributed by atoms with E-state index in [0.29, 0.717) is 11.4 Å². The van der Waals surface area contributed by atoms with Gasteiger partial charge in [0.1, 0.15) is 5.76 Å². The molecular formula is C15H12INO4. The maximum atomic E-state index is 11.7. The van der Waals surface area contributed by atoms with Gasteiger partial charge < -0.3 is 14.5 Å². The molecular weight excluding hydrogens is 385 g/mol. The van der Waals surface area contributed by atoms with E-state index in [1.165, 1.54) is 18.4 Å². The van der Waals surface area contributed by atoms with Crippen LogP contribution in [0.5, 0.6) is 0 Å². The molecule has 0 aliphatic rings. The fourth-order valence-corrected chi connectivity index (χ4v) is 1.99. The van der Waals surface area contributed by atoms with E-state index in [0.717, 1.165) is 3.57 Å². The Bertz CT molecular complexity index is 649. The Morgan fingerprint density at radius 2 is 2.05 bits per heavy atom. The molecule has 6 heteroatoms. The first kappa shape index (κ1) is 15.3. The number of amides is 1. The maximum absolute atomic E-state index is 11.7. The molecule has 108 valence electrons. The van der Waals surface area contributed by atoms with Crippen LogP contribution in [-0.2, 0) is 14.3 Å². The third-order valence-electron chi connectivity index (χ3n) is 2.42. The highest BCUT2D eigenvalue weighted by Crippen LogP contribution is 2.16. The lowest BCUT2D eigenvalue weighted by Crippen LogP contribution is -2.20. The number of esters is 1. The van der Waals surface area contributed by atoms with Crippen molar-refractivity contribution in [2.24, 2.45) is 0 Å². The molecule has 1 aromatic heterocycles. The van der Waals surface area contributed by atoms with Crippen LogP contribution in [0.4, 0.5) is 5.69 Å². The van der Waals surface area contributed by atoms with E-state index in [2.05, 4.69) is 27.9 Å². The second-order valence-corrected chi connectivity index (χ2v) is 5.15. The lowest BCUT2D eigenvalue weighted by atomic mass is 10.3. The number of carbonyl (C=O) groups is 2. The monoisotopic (exact) mass is 397 g/mol. The number of carbonyl (C=O) groups excluding carboxylic acids is 2. The minimum Gasteiger partial charge on any atom is -0.465 e. The lowest BCUT2D eigenvalue weighted by Gasteiger charge is -2.06. The first-order valence-corrected chi connectivity index (χ1v) is 7.16. The first-order chi connectivity index (χ1) is 10.1. The fraction of sp³-hybridized carbons (Fsp3) is 0.0667. The van der Waals surface area contributed by atoms with Gasteiger partial charge in [-0.1, -0.05) is 12.1 Å². The highest BCUT2D eigenvalue weighted by atomic mass is 127. The molecule has 2 aromatic rings. The molecule has 0 saturated carbocycles. The molecule has 0 unspecified atom stereocenters. The van der Waals surface area contributed by atoms with Crippen LogP contribution in [0.25, 0.3) is 6.08 Å². The molecule has 1 heterocycles. The van der Waals surface area contributed by atoms with Crippen molar-refractivity contribution >= 4 is 46.2 Å². The number of para-hydroxylation sites is 1. The van der Waals surface area contributed by atoms with Crippen LogP contribution in [0.3, 0.4) is 0 Å². The minimum atomic E-state index is -0.607. The van der Waals surface area contributed by atoms with Gasteiger partial charge in [0.15, 0.2) is 6.61 Å². The van der Waals surface area contributed by atoms with E-state index < -0.39 is 5.97 Å². The van der Waals surface area contributed by atoms with E-state index in [-0.39, 0.29) is 12.5 Å². The van der Waals surface area contributed by atoms with Crippen molar-refractivity contribution in [2.45, 2.75) is 0 Å². The molecule has 0 radical (unpaired) electrons. The molecule has 0 aliphatic heterocycles.